The van der Waals surface area contributed by atoms with Gasteiger partial charge in [-0.15, -0.1) is 11.3 Å². The van der Waals surface area contributed by atoms with E-state index in [0.29, 0.717) is 10.7 Å². The van der Waals surface area contributed by atoms with E-state index in [1.807, 2.05) is 48.7 Å². The number of nitrogens with zero attached hydrogens (tertiary/aromatic N) is 1. The number of methoxy groups -OCH3 is 1. The Labute approximate surface area is 155 Å². The smallest absolute Gasteiger partial charge is 0.230 e. The number of carbonyl (C=O) groups excluding carboxylic acids is 1. The van der Waals surface area contributed by atoms with Crippen molar-refractivity contribution < 1.29 is 9.53 Å². The highest BCUT2D eigenvalue weighted by Gasteiger charge is 2.11. The monoisotopic (exact) mass is 372 g/mol. The number of halogens is 1. The summed E-state index contributed by atoms with van der Waals surface area (Å²) in [5, 5.41) is 6.13. The predicted octanol–water partition coefficient (Wildman–Crippen LogP) is 4.96. The minimum Gasteiger partial charge on any atom is -0.497 e. The lowest BCUT2D eigenvalue weighted by molar-refractivity contribution is -0.115. The Hall–Kier alpha value is -2.37. The SMILES string of the molecule is COc1ccc(-c2nc(CC(=O)Nc3ccc(C)cc3Cl)cs2)cc1. The van der Waals surface area contributed by atoms with Crippen molar-refractivity contribution >= 4 is 34.5 Å². The number of anilines is 1. The Morgan fingerprint density at radius 3 is 2.68 bits per heavy atom. The van der Waals surface area contributed by atoms with Gasteiger partial charge in [-0.05, 0) is 48.9 Å². The summed E-state index contributed by atoms with van der Waals surface area (Å²) in [5.41, 5.74) is 3.39. The Bertz CT molecular complexity index is 891. The first-order valence-corrected chi connectivity index (χ1v) is 8.96. The van der Waals surface area contributed by atoms with E-state index in [9.17, 15) is 4.79 Å². The molecule has 3 aromatic rings. The fraction of sp³-hybridized carbons (Fsp3) is 0.158. The third-order valence-corrected chi connectivity index (χ3v) is 4.88. The molecule has 6 heteroatoms. The second kappa shape index (κ2) is 7.68. The van der Waals surface area contributed by atoms with Crippen LogP contribution in [0.3, 0.4) is 0 Å². The Balaban J connectivity index is 1.67. The van der Waals surface area contributed by atoms with Gasteiger partial charge in [0.05, 0.1) is 29.9 Å². The quantitative estimate of drug-likeness (QED) is 0.688. The molecular weight excluding hydrogens is 356 g/mol. The summed E-state index contributed by atoms with van der Waals surface area (Å²) in [4.78, 5) is 16.8. The molecule has 2 aromatic carbocycles. The molecule has 25 heavy (non-hydrogen) atoms. The molecule has 1 amide bonds. The van der Waals surface area contributed by atoms with Gasteiger partial charge >= 0.3 is 0 Å². The molecule has 0 saturated heterocycles. The van der Waals surface area contributed by atoms with E-state index >= 15 is 0 Å². The number of nitrogens with one attached hydrogen (secondary N) is 1. The first-order valence-electron chi connectivity index (χ1n) is 7.70. The van der Waals surface area contributed by atoms with Gasteiger partial charge in [-0.2, -0.15) is 0 Å². The van der Waals surface area contributed by atoms with Crippen molar-refractivity contribution in [1.29, 1.82) is 0 Å². The second-order valence-electron chi connectivity index (χ2n) is 5.58. The van der Waals surface area contributed by atoms with Gasteiger partial charge < -0.3 is 10.1 Å². The molecule has 0 aliphatic rings. The molecule has 128 valence electrons. The van der Waals surface area contributed by atoms with Crippen LogP contribution in [-0.4, -0.2) is 18.0 Å². The maximum Gasteiger partial charge on any atom is 0.230 e. The number of hydrogen-bond acceptors (Lipinski definition) is 4. The van der Waals surface area contributed by atoms with Gasteiger partial charge in [-0.3, -0.25) is 4.79 Å². The lowest BCUT2D eigenvalue weighted by atomic mass is 10.2. The molecule has 4 nitrogen and oxygen atoms in total. The molecule has 1 aromatic heterocycles. The fourth-order valence-electron chi connectivity index (χ4n) is 2.33. The molecule has 0 unspecified atom stereocenters. The number of aromatic nitrogens is 1. The number of carbonyl (C=O) groups is 1. The average Bonchev–Trinajstić information content (AvgIpc) is 3.06. The minimum absolute atomic E-state index is 0.141. The summed E-state index contributed by atoms with van der Waals surface area (Å²) in [7, 11) is 1.63. The lowest BCUT2D eigenvalue weighted by Crippen LogP contribution is -2.14. The van der Waals surface area contributed by atoms with Gasteiger partial charge in [0.25, 0.3) is 0 Å². The molecule has 0 bridgehead atoms. The van der Waals surface area contributed by atoms with Crippen LogP contribution in [0.2, 0.25) is 5.02 Å². The summed E-state index contributed by atoms with van der Waals surface area (Å²) in [5.74, 6) is 0.659. The summed E-state index contributed by atoms with van der Waals surface area (Å²) in [6.07, 6.45) is 0.205. The van der Waals surface area contributed by atoms with Crippen molar-refractivity contribution in [2.75, 3.05) is 12.4 Å². The first-order chi connectivity index (χ1) is 12.0. The van der Waals surface area contributed by atoms with Crippen LogP contribution in [0, 0.1) is 6.92 Å². The summed E-state index contributed by atoms with van der Waals surface area (Å²) < 4.78 is 5.16. The number of aryl methyl sites for hydroxylation is 1. The van der Waals surface area contributed by atoms with Gasteiger partial charge in [0.2, 0.25) is 5.91 Å². The van der Waals surface area contributed by atoms with Crippen LogP contribution < -0.4 is 10.1 Å². The molecule has 0 radical (unpaired) electrons. The third-order valence-electron chi connectivity index (χ3n) is 3.63. The molecule has 0 aliphatic heterocycles. The van der Waals surface area contributed by atoms with E-state index in [4.69, 9.17) is 16.3 Å². The number of thiazole rings is 1. The molecule has 1 N–H and O–H groups in total. The molecule has 0 fully saturated rings. The van der Waals surface area contributed by atoms with Crippen molar-refractivity contribution in [2.24, 2.45) is 0 Å². The van der Waals surface area contributed by atoms with Crippen LogP contribution in [0.1, 0.15) is 11.3 Å². The summed E-state index contributed by atoms with van der Waals surface area (Å²) >= 11 is 7.66. The number of amides is 1. The standard InChI is InChI=1S/C19H17ClN2O2S/c1-12-3-8-17(16(20)9-12)22-18(23)10-14-11-25-19(21-14)13-4-6-15(24-2)7-5-13/h3-9,11H,10H2,1-2H3,(H,22,23). The predicted molar refractivity (Wildman–Crippen MR) is 103 cm³/mol. The van der Waals surface area contributed by atoms with Crippen LogP contribution in [0.15, 0.2) is 47.8 Å². The number of rotatable bonds is 5. The van der Waals surface area contributed by atoms with Crippen molar-refractivity contribution in [2.45, 2.75) is 13.3 Å². The molecule has 0 saturated carbocycles. The zero-order chi connectivity index (χ0) is 17.8. The largest absolute Gasteiger partial charge is 0.497 e. The summed E-state index contributed by atoms with van der Waals surface area (Å²) in [6, 6.07) is 13.2. The Morgan fingerprint density at radius 1 is 1.24 bits per heavy atom. The van der Waals surface area contributed by atoms with Gasteiger partial charge in [0.1, 0.15) is 10.8 Å². The molecule has 0 aliphatic carbocycles. The maximum absolute atomic E-state index is 12.2. The van der Waals surface area contributed by atoms with Crippen LogP contribution >= 0.6 is 22.9 Å². The van der Waals surface area contributed by atoms with Crippen LogP contribution in [0.25, 0.3) is 10.6 Å². The third kappa shape index (κ3) is 4.38. The maximum atomic E-state index is 12.2. The average molecular weight is 373 g/mol. The molecule has 1 heterocycles. The zero-order valence-corrected chi connectivity index (χ0v) is 15.4. The van der Waals surface area contributed by atoms with E-state index in [1.165, 1.54) is 11.3 Å². The van der Waals surface area contributed by atoms with Crippen molar-refractivity contribution in [3.63, 3.8) is 0 Å². The highest BCUT2D eigenvalue weighted by molar-refractivity contribution is 7.13. The molecule has 0 atom stereocenters. The van der Waals surface area contributed by atoms with Crippen LogP contribution in [0.5, 0.6) is 5.75 Å². The number of ether oxygens (including phenoxy) is 1. The fourth-order valence-corrected chi connectivity index (χ4v) is 3.44. The zero-order valence-electron chi connectivity index (χ0n) is 13.9. The van der Waals surface area contributed by atoms with Gasteiger partial charge in [-0.25, -0.2) is 4.98 Å². The Morgan fingerprint density at radius 2 is 2.00 bits per heavy atom. The minimum atomic E-state index is -0.141. The van der Waals surface area contributed by atoms with E-state index in [-0.39, 0.29) is 12.3 Å². The highest BCUT2D eigenvalue weighted by Crippen LogP contribution is 2.26. The van der Waals surface area contributed by atoms with Crippen molar-refractivity contribution in [1.82, 2.24) is 4.98 Å². The van der Waals surface area contributed by atoms with Crippen LogP contribution in [-0.2, 0) is 11.2 Å². The van der Waals surface area contributed by atoms with E-state index in [2.05, 4.69) is 10.3 Å². The van der Waals surface area contributed by atoms with Gasteiger partial charge in [-0.1, -0.05) is 17.7 Å². The Kier molecular flexibility index (Phi) is 5.36. The van der Waals surface area contributed by atoms with E-state index in [1.54, 1.807) is 13.2 Å². The molecule has 0 spiro atoms. The summed E-state index contributed by atoms with van der Waals surface area (Å²) in [6.45, 7) is 1.95. The number of hydrogen-bond donors (Lipinski definition) is 1. The van der Waals surface area contributed by atoms with Crippen LogP contribution in [0.4, 0.5) is 5.69 Å². The van der Waals surface area contributed by atoms with Crippen molar-refractivity contribution in [3.05, 3.63) is 64.1 Å². The molecular formula is C19H17ClN2O2S. The number of benzene rings is 2. The van der Waals surface area contributed by atoms with Crippen molar-refractivity contribution in [3.8, 4) is 16.3 Å². The van der Waals surface area contributed by atoms with E-state index < -0.39 is 0 Å². The topological polar surface area (TPSA) is 51.2 Å². The normalized spacial score (nSPS) is 10.5. The highest BCUT2D eigenvalue weighted by atomic mass is 35.5. The first kappa shape index (κ1) is 17.5. The molecule has 3 rings (SSSR count). The van der Waals surface area contributed by atoms with E-state index in [0.717, 1.165) is 27.6 Å². The second-order valence-corrected chi connectivity index (χ2v) is 6.85. The van der Waals surface area contributed by atoms with Gasteiger partial charge in [0.15, 0.2) is 0 Å². The van der Waals surface area contributed by atoms with Gasteiger partial charge in [0, 0.05) is 10.9 Å². The lowest BCUT2D eigenvalue weighted by Gasteiger charge is -2.07.